The molecule has 130 valence electrons. The van der Waals surface area contributed by atoms with Gasteiger partial charge in [0.15, 0.2) is 0 Å². The number of ether oxygens (including phenoxy) is 2. The van der Waals surface area contributed by atoms with Crippen LogP contribution in [0.2, 0.25) is 0 Å². The molecule has 0 aliphatic carbocycles. The Morgan fingerprint density at radius 3 is 1.77 bits per heavy atom. The van der Waals surface area contributed by atoms with Gasteiger partial charge in [0, 0.05) is 0 Å². The zero-order valence-electron chi connectivity index (χ0n) is 14.0. The Balaban J connectivity index is 3.13. The lowest BCUT2D eigenvalue weighted by Crippen LogP contribution is -2.16. The topological polar surface area (TPSA) is 72.8 Å². The van der Waals surface area contributed by atoms with Crippen LogP contribution >= 0.6 is 0 Å². The molecule has 0 rings (SSSR count). The number of rotatable bonds is 16. The fourth-order valence-corrected chi connectivity index (χ4v) is 2.22. The van der Waals surface area contributed by atoms with Crippen molar-refractivity contribution < 1.29 is 24.2 Å². The van der Waals surface area contributed by atoms with Crippen LogP contribution in [0, 0.1) is 0 Å². The first kappa shape index (κ1) is 20.9. The Morgan fingerprint density at radius 2 is 1.27 bits per heavy atom. The van der Waals surface area contributed by atoms with Crippen LogP contribution in [-0.4, -0.2) is 36.9 Å². The van der Waals surface area contributed by atoms with Gasteiger partial charge in [-0.1, -0.05) is 71.1 Å². The molecule has 0 bridgehead atoms. The van der Waals surface area contributed by atoms with Gasteiger partial charge in [-0.3, -0.25) is 0 Å². The summed E-state index contributed by atoms with van der Waals surface area (Å²) < 4.78 is 9.59. The lowest BCUT2D eigenvalue weighted by molar-refractivity contribution is -0.152. The third-order valence-electron chi connectivity index (χ3n) is 3.46. The number of carbonyl (C=O) groups is 2. The van der Waals surface area contributed by atoms with Crippen LogP contribution in [0.5, 0.6) is 0 Å². The van der Waals surface area contributed by atoms with Crippen molar-refractivity contribution in [2.45, 2.75) is 77.6 Å². The van der Waals surface area contributed by atoms with Crippen LogP contribution in [0.4, 0.5) is 0 Å². The molecule has 0 aromatic heterocycles. The van der Waals surface area contributed by atoms with Crippen LogP contribution in [0.15, 0.2) is 0 Å². The molecule has 5 heteroatoms. The number of hydrogen-bond acceptors (Lipinski definition) is 4. The van der Waals surface area contributed by atoms with Crippen molar-refractivity contribution in [1.29, 1.82) is 0 Å². The van der Waals surface area contributed by atoms with E-state index < -0.39 is 18.5 Å². The van der Waals surface area contributed by atoms with Crippen LogP contribution < -0.4 is 0 Å². The van der Waals surface area contributed by atoms with Crippen molar-refractivity contribution in [1.82, 2.24) is 0 Å². The van der Waals surface area contributed by atoms with E-state index in [2.05, 4.69) is 11.7 Å². The van der Waals surface area contributed by atoms with Crippen molar-refractivity contribution in [3.05, 3.63) is 0 Å². The Kier molecular flexibility index (Phi) is 15.5. The van der Waals surface area contributed by atoms with Crippen molar-refractivity contribution in [2.75, 3.05) is 19.8 Å². The van der Waals surface area contributed by atoms with Gasteiger partial charge in [0.1, 0.15) is 13.2 Å². The molecule has 0 aromatic rings. The fraction of sp³-hybridized carbons (Fsp3) is 0.882. The summed E-state index contributed by atoms with van der Waals surface area (Å²) in [6.07, 6.45) is 13.8. The van der Waals surface area contributed by atoms with E-state index in [9.17, 15) is 9.59 Å². The molecular formula is C17H32O5. The summed E-state index contributed by atoms with van der Waals surface area (Å²) in [5, 5.41) is 8.34. The first-order valence-electron chi connectivity index (χ1n) is 8.62. The van der Waals surface area contributed by atoms with Gasteiger partial charge in [0.2, 0.25) is 0 Å². The summed E-state index contributed by atoms with van der Waals surface area (Å²) in [5.74, 6) is -1.58. The summed E-state index contributed by atoms with van der Waals surface area (Å²) >= 11 is 0. The third-order valence-corrected chi connectivity index (χ3v) is 3.46. The van der Waals surface area contributed by atoms with E-state index in [1.54, 1.807) is 0 Å². The summed E-state index contributed by atoms with van der Waals surface area (Å²) in [6.45, 7) is 1.88. The molecule has 0 aromatic carbocycles. The van der Waals surface area contributed by atoms with E-state index >= 15 is 0 Å². The van der Waals surface area contributed by atoms with Gasteiger partial charge >= 0.3 is 11.9 Å². The monoisotopic (exact) mass is 316 g/mol. The molecule has 0 spiro atoms. The van der Waals surface area contributed by atoms with Gasteiger partial charge < -0.3 is 14.6 Å². The number of hydrogen-bond donors (Lipinski definition) is 1. The molecule has 22 heavy (non-hydrogen) atoms. The van der Waals surface area contributed by atoms with Crippen LogP contribution in [-0.2, 0) is 19.1 Å². The lowest BCUT2D eigenvalue weighted by atomic mass is 10.1. The second-order valence-electron chi connectivity index (χ2n) is 5.64. The van der Waals surface area contributed by atoms with Gasteiger partial charge in [-0.25, -0.2) is 9.59 Å². The average Bonchev–Trinajstić information content (AvgIpc) is 2.48. The SMILES string of the molecule is CCCCCCCCCCCCCOC(=O)COCC(=O)O. The molecule has 0 unspecified atom stereocenters. The number of carbonyl (C=O) groups excluding carboxylic acids is 1. The molecular weight excluding hydrogens is 284 g/mol. The Labute approximate surface area is 134 Å². The van der Waals surface area contributed by atoms with Crippen molar-refractivity contribution in [3.8, 4) is 0 Å². The zero-order valence-corrected chi connectivity index (χ0v) is 14.0. The first-order valence-corrected chi connectivity index (χ1v) is 8.62. The summed E-state index contributed by atoms with van der Waals surface area (Å²) in [5.41, 5.74) is 0. The minimum atomic E-state index is -1.09. The van der Waals surface area contributed by atoms with Crippen molar-refractivity contribution in [3.63, 3.8) is 0 Å². The molecule has 0 heterocycles. The van der Waals surface area contributed by atoms with Crippen molar-refractivity contribution in [2.24, 2.45) is 0 Å². The second kappa shape index (κ2) is 16.3. The molecule has 0 fully saturated rings. The lowest BCUT2D eigenvalue weighted by Gasteiger charge is -2.05. The van der Waals surface area contributed by atoms with Gasteiger partial charge in [-0.15, -0.1) is 0 Å². The summed E-state index contributed by atoms with van der Waals surface area (Å²) in [6, 6.07) is 0. The maximum absolute atomic E-state index is 11.2. The molecule has 0 saturated carbocycles. The standard InChI is InChI=1S/C17H32O5/c1-2-3-4-5-6-7-8-9-10-11-12-13-22-17(20)15-21-14-16(18)19/h2-15H2,1H3,(H,18,19). The highest BCUT2D eigenvalue weighted by Crippen LogP contribution is 2.11. The quantitative estimate of drug-likeness (QED) is 0.345. The van der Waals surface area contributed by atoms with Gasteiger partial charge in [0.25, 0.3) is 0 Å². The van der Waals surface area contributed by atoms with Gasteiger partial charge in [-0.2, -0.15) is 0 Å². The number of unbranched alkanes of at least 4 members (excludes halogenated alkanes) is 10. The summed E-state index contributed by atoms with van der Waals surface area (Å²) in [7, 11) is 0. The maximum atomic E-state index is 11.2. The first-order chi connectivity index (χ1) is 10.7. The number of carboxylic acids is 1. The number of aliphatic carboxylic acids is 1. The van der Waals surface area contributed by atoms with Gasteiger partial charge in [0.05, 0.1) is 6.61 Å². The fourth-order valence-electron chi connectivity index (χ4n) is 2.22. The molecule has 0 aliphatic heterocycles. The molecule has 0 radical (unpaired) electrons. The Morgan fingerprint density at radius 1 is 0.773 bits per heavy atom. The summed E-state index contributed by atoms with van der Waals surface area (Å²) in [4.78, 5) is 21.3. The Bertz CT molecular complexity index is 278. The van der Waals surface area contributed by atoms with E-state index in [0.717, 1.165) is 12.8 Å². The minimum Gasteiger partial charge on any atom is -0.480 e. The largest absolute Gasteiger partial charge is 0.480 e. The van der Waals surface area contributed by atoms with E-state index in [1.807, 2.05) is 0 Å². The molecule has 1 N–H and O–H groups in total. The minimum absolute atomic E-state index is 0.287. The normalized spacial score (nSPS) is 10.6. The zero-order chi connectivity index (χ0) is 16.5. The average molecular weight is 316 g/mol. The van der Waals surface area contributed by atoms with E-state index in [1.165, 1.54) is 57.8 Å². The predicted octanol–water partition coefficient (Wildman–Crippen LogP) is 3.94. The van der Waals surface area contributed by atoms with Gasteiger partial charge in [-0.05, 0) is 6.42 Å². The smallest absolute Gasteiger partial charge is 0.332 e. The van der Waals surface area contributed by atoms with E-state index in [0.29, 0.717) is 6.61 Å². The number of esters is 1. The van der Waals surface area contributed by atoms with Crippen LogP contribution in [0.1, 0.15) is 77.6 Å². The van der Waals surface area contributed by atoms with E-state index in [4.69, 9.17) is 9.84 Å². The van der Waals surface area contributed by atoms with E-state index in [-0.39, 0.29) is 6.61 Å². The number of carboxylic acid groups (broad SMARTS) is 1. The Hall–Kier alpha value is -1.10. The molecule has 0 amide bonds. The molecule has 0 saturated heterocycles. The molecule has 0 aliphatic rings. The van der Waals surface area contributed by atoms with Crippen LogP contribution in [0.25, 0.3) is 0 Å². The molecule has 5 nitrogen and oxygen atoms in total. The van der Waals surface area contributed by atoms with Crippen LogP contribution in [0.3, 0.4) is 0 Å². The maximum Gasteiger partial charge on any atom is 0.332 e. The predicted molar refractivity (Wildman–Crippen MR) is 85.9 cm³/mol. The highest BCUT2D eigenvalue weighted by Gasteiger charge is 2.04. The highest BCUT2D eigenvalue weighted by atomic mass is 16.6. The van der Waals surface area contributed by atoms with Crippen molar-refractivity contribution >= 4 is 11.9 Å². The molecule has 0 atom stereocenters. The second-order valence-corrected chi connectivity index (χ2v) is 5.64. The third kappa shape index (κ3) is 17.0. The highest BCUT2D eigenvalue weighted by molar-refractivity contribution is 5.72.